The Morgan fingerprint density at radius 2 is 2.50 bits per heavy atom. The molecule has 1 rings (SSSR count). The topological polar surface area (TPSA) is 106 Å². The van der Waals surface area contributed by atoms with Gasteiger partial charge in [0, 0.05) is 12.8 Å². The van der Waals surface area contributed by atoms with Gasteiger partial charge in [0.05, 0.1) is 6.07 Å². The fourth-order valence-corrected chi connectivity index (χ4v) is 0.619. The molecule has 1 heterocycles. The molecule has 0 aliphatic heterocycles. The average Bonchev–Trinajstić information content (AvgIpc) is 2.48. The van der Waals surface area contributed by atoms with Gasteiger partial charge in [0.15, 0.2) is 0 Å². The Bertz CT molecular complexity index is 325. The highest BCUT2D eigenvalue weighted by Crippen LogP contribution is 1.99. The molecule has 0 spiro atoms. The average molecular weight is 166 g/mol. The molecule has 0 atom stereocenters. The second-order valence-electron chi connectivity index (χ2n) is 2.03. The van der Waals surface area contributed by atoms with Gasteiger partial charge in [-0.2, -0.15) is 10.2 Å². The van der Waals surface area contributed by atoms with Crippen molar-refractivity contribution in [2.45, 2.75) is 12.8 Å². The molecule has 0 unspecified atom stereocenters. The summed E-state index contributed by atoms with van der Waals surface area (Å²) in [6.45, 7) is 0. The van der Waals surface area contributed by atoms with E-state index in [1.54, 1.807) is 0 Å². The minimum absolute atomic E-state index is 0.150. The lowest BCUT2D eigenvalue weighted by Crippen LogP contribution is -2.12. The predicted octanol–water partition coefficient (Wildman–Crippen LogP) is -0.375. The van der Waals surface area contributed by atoms with E-state index in [1.807, 2.05) is 6.07 Å². The Hall–Kier alpha value is -1.90. The van der Waals surface area contributed by atoms with Crippen LogP contribution < -0.4 is 5.73 Å². The SMILES string of the molecule is N#CCCc1nc(C(N)=O)no1. The van der Waals surface area contributed by atoms with Crippen molar-refractivity contribution in [2.24, 2.45) is 5.73 Å². The number of aromatic nitrogens is 2. The lowest BCUT2D eigenvalue weighted by atomic mass is 10.3. The van der Waals surface area contributed by atoms with Crippen molar-refractivity contribution in [1.29, 1.82) is 5.26 Å². The van der Waals surface area contributed by atoms with Gasteiger partial charge in [0.1, 0.15) is 0 Å². The van der Waals surface area contributed by atoms with Gasteiger partial charge >= 0.3 is 0 Å². The molecule has 0 aliphatic rings. The summed E-state index contributed by atoms with van der Waals surface area (Å²) in [6.07, 6.45) is 0.622. The second kappa shape index (κ2) is 3.48. The van der Waals surface area contributed by atoms with E-state index in [0.29, 0.717) is 6.42 Å². The van der Waals surface area contributed by atoms with Crippen LogP contribution in [0, 0.1) is 11.3 Å². The third-order valence-corrected chi connectivity index (χ3v) is 1.14. The molecule has 0 saturated heterocycles. The summed E-state index contributed by atoms with van der Waals surface area (Å²) in [5, 5.41) is 11.5. The molecule has 0 radical (unpaired) electrons. The number of carbonyl (C=O) groups excluding carboxylic acids is 1. The fourth-order valence-electron chi connectivity index (χ4n) is 0.619. The standard InChI is InChI=1S/C6H6N4O2/c7-3-1-2-4-9-6(5(8)11)10-12-4/h1-2H2,(H2,8,11). The van der Waals surface area contributed by atoms with Crippen molar-refractivity contribution in [1.82, 2.24) is 10.1 Å². The Kier molecular flexibility index (Phi) is 2.38. The number of amides is 1. The normalized spacial score (nSPS) is 9.25. The number of nitrogens with two attached hydrogens (primary N) is 1. The molecule has 62 valence electrons. The molecule has 1 amide bonds. The van der Waals surface area contributed by atoms with Crippen LogP contribution in [-0.2, 0) is 6.42 Å². The summed E-state index contributed by atoms with van der Waals surface area (Å²) in [5.74, 6) is -0.629. The lowest BCUT2D eigenvalue weighted by molar-refractivity contribution is 0.0987. The van der Waals surface area contributed by atoms with Gasteiger partial charge in [-0.15, -0.1) is 0 Å². The Morgan fingerprint density at radius 3 is 3.00 bits per heavy atom. The molecule has 12 heavy (non-hydrogen) atoms. The van der Waals surface area contributed by atoms with E-state index in [1.165, 1.54) is 0 Å². The number of primary amides is 1. The van der Waals surface area contributed by atoms with Gasteiger partial charge < -0.3 is 10.3 Å². The van der Waals surface area contributed by atoms with Crippen molar-refractivity contribution in [3.05, 3.63) is 11.7 Å². The van der Waals surface area contributed by atoms with Crippen LogP contribution in [0.15, 0.2) is 4.52 Å². The molecular weight excluding hydrogens is 160 g/mol. The van der Waals surface area contributed by atoms with Crippen molar-refractivity contribution in [3.8, 4) is 6.07 Å². The summed E-state index contributed by atoms with van der Waals surface area (Å²) in [7, 11) is 0. The van der Waals surface area contributed by atoms with Crippen LogP contribution in [0.4, 0.5) is 0 Å². The molecule has 6 heteroatoms. The summed E-state index contributed by atoms with van der Waals surface area (Å²) < 4.78 is 4.61. The number of hydrogen-bond donors (Lipinski definition) is 1. The molecule has 2 N–H and O–H groups in total. The monoisotopic (exact) mass is 166 g/mol. The Balaban J connectivity index is 2.66. The van der Waals surface area contributed by atoms with Gasteiger partial charge in [-0.25, -0.2) is 0 Å². The van der Waals surface area contributed by atoms with Crippen LogP contribution in [0.3, 0.4) is 0 Å². The number of hydrogen-bond acceptors (Lipinski definition) is 5. The third kappa shape index (κ3) is 1.79. The van der Waals surface area contributed by atoms with E-state index in [-0.39, 0.29) is 18.1 Å². The van der Waals surface area contributed by atoms with Crippen LogP contribution in [0.5, 0.6) is 0 Å². The Morgan fingerprint density at radius 1 is 1.75 bits per heavy atom. The quantitative estimate of drug-likeness (QED) is 0.658. The fraction of sp³-hybridized carbons (Fsp3) is 0.333. The number of nitrogens with zero attached hydrogens (tertiary/aromatic N) is 3. The molecule has 1 aromatic heterocycles. The van der Waals surface area contributed by atoms with Gasteiger partial charge in [0.2, 0.25) is 5.89 Å². The van der Waals surface area contributed by atoms with Crippen LogP contribution in [0.1, 0.15) is 22.9 Å². The van der Waals surface area contributed by atoms with E-state index in [0.717, 1.165) is 0 Å². The van der Waals surface area contributed by atoms with Gasteiger partial charge in [-0.1, -0.05) is 5.16 Å². The van der Waals surface area contributed by atoms with E-state index in [2.05, 4.69) is 14.7 Å². The molecule has 1 aromatic rings. The highest BCUT2D eigenvalue weighted by molar-refractivity contribution is 5.88. The van der Waals surface area contributed by atoms with Crippen molar-refractivity contribution < 1.29 is 9.32 Å². The zero-order valence-electron chi connectivity index (χ0n) is 6.15. The molecule has 0 aliphatic carbocycles. The van der Waals surface area contributed by atoms with E-state index < -0.39 is 5.91 Å². The number of rotatable bonds is 3. The first-order valence-electron chi connectivity index (χ1n) is 3.23. The molecule has 6 nitrogen and oxygen atoms in total. The smallest absolute Gasteiger partial charge is 0.290 e. The van der Waals surface area contributed by atoms with E-state index >= 15 is 0 Å². The van der Waals surface area contributed by atoms with Gasteiger partial charge in [0.25, 0.3) is 11.7 Å². The molecule has 0 aromatic carbocycles. The molecule has 0 fully saturated rings. The number of carbonyl (C=O) groups is 1. The second-order valence-corrected chi connectivity index (χ2v) is 2.03. The van der Waals surface area contributed by atoms with E-state index in [9.17, 15) is 4.79 Å². The first-order chi connectivity index (χ1) is 5.74. The maximum absolute atomic E-state index is 10.5. The first-order valence-corrected chi connectivity index (χ1v) is 3.23. The molecular formula is C6H6N4O2. The minimum atomic E-state index is -0.734. The molecule has 0 bridgehead atoms. The largest absolute Gasteiger partial charge is 0.363 e. The van der Waals surface area contributed by atoms with Crippen molar-refractivity contribution >= 4 is 5.91 Å². The zero-order chi connectivity index (χ0) is 8.97. The van der Waals surface area contributed by atoms with Crippen molar-refractivity contribution in [3.63, 3.8) is 0 Å². The predicted molar refractivity (Wildman–Crippen MR) is 36.7 cm³/mol. The zero-order valence-corrected chi connectivity index (χ0v) is 6.15. The van der Waals surface area contributed by atoms with Crippen LogP contribution in [0.2, 0.25) is 0 Å². The lowest BCUT2D eigenvalue weighted by Gasteiger charge is -1.81. The maximum atomic E-state index is 10.5. The summed E-state index contributed by atoms with van der Waals surface area (Å²) in [6, 6.07) is 1.91. The minimum Gasteiger partial charge on any atom is -0.363 e. The van der Waals surface area contributed by atoms with Gasteiger partial charge in [-0.3, -0.25) is 4.79 Å². The maximum Gasteiger partial charge on any atom is 0.290 e. The van der Waals surface area contributed by atoms with Gasteiger partial charge in [-0.05, 0) is 0 Å². The summed E-state index contributed by atoms with van der Waals surface area (Å²) in [4.78, 5) is 14.1. The highest BCUT2D eigenvalue weighted by atomic mass is 16.5. The Labute approximate surface area is 68.0 Å². The van der Waals surface area contributed by atoms with E-state index in [4.69, 9.17) is 11.0 Å². The van der Waals surface area contributed by atoms with Crippen LogP contribution in [-0.4, -0.2) is 16.0 Å². The van der Waals surface area contributed by atoms with Crippen molar-refractivity contribution in [2.75, 3.05) is 0 Å². The van der Waals surface area contributed by atoms with Crippen LogP contribution >= 0.6 is 0 Å². The summed E-state index contributed by atoms with van der Waals surface area (Å²) >= 11 is 0. The summed E-state index contributed by atoms with van der Waals surface area (Å²) in [5.41, 5.74) is 4.87. The number of nitriles is 1. The highest BCUT2D eigenvalue weighted by Gasteiger charge is 2.09. The first kappa shape index (κ1) is 8.20. The molecule has 0 saturated carbocycles. The number of aryl methyl sites for hydroxylation is 1. The third-order valence-electron chi connectivity index (χ3n) is 1.14. The van der Waals surface area contributed by atoms with Crippen LogP contribution in [0.25, 0.3) is 0 Å².